The first kappa shape index (κ1) is 61.7. The molecule has 25 heteroatoms. The van der Waals surface area contributed by atoms with Crippen molar-refractivity contribution in [2.24, 2.45) is 23.7 Å². The van der Waals surface area contributed by atoms with Crippen molar-refractivity contribution in [1.29, 1.82) is 0 Å². The van der Waals surface area contributed by atoms with Gasteiger partial charge in [0.2, 0.25) is 27.2 Å². The van der Waals surface area contributed by atoms with Crippen LogP contribution in [0.15, 0.2) is 123 Å². The normalized spacial score (nSPS) is 16.2. The van der Waals surface area contributed by atoms with Gasteiger partial charge in [0.25, 0.3) is 5.69 Å². The molecule has 84 heavy (non-hydrogen) atoms. The Morgan fingerprint density at radius 2 is 0.893 bits per heavy atom. The van der Waals surface area contributed by atoms with Crippen molar-refractivity contribution in [2.75, 3.05) is 33.8 Å². The van der Waals surface area contributed by atoms with E-state index < -0.39 is 104 Å². The van der Waals surface area contributed by atoms with E-state index in [4.69, 9.17) is 61.8 Å². The summed E-state index contributed by atoms with van der Waals surface area (Å²) < 4.78 is 65.2. The van der Waals surface area contributed by atoms with Gasteiger partial charge in [-0.15, -0.1) is 11.3 Å². The van der Waals surface area contributed by atoms with E-state index in [9.17, 15) is 48.5 Å². The standard InChI is InChI=1S/C59H56N2O22S/c1-5-49(62)77-31-73-44-25-22-42(29-47(44)75-33-79-51(64)7-3)81-57(67)38-11-9-37(10-12-38)56(66)72-28-27-35-19-24-46(53-54(35)84-55(60-53)36-17-20-41(21-18-36)61(70)71)83-59(69)40-15-13-39(14-16-40)58(68)82-43-23-26-45(74-32-78-50(63)6-2)48(30-43)76-34-80-52(65)8-4/h5-8,17-26,29-30,37-40H,1-4,9-16,27-28,31-34H2. The second kappa shape index (κ2) is 30.2. The molecule has 4 aromatic carbocycles. The molecule has 440 valence electrons. The van der Waals surface area contributed by atoms with E-state index in [-0.39, 0.29) is 59.0 Å². The number of nitrogens with zero attached hydrogens (tertiary/aromatic N) is 2. The minimum Gasteiger partial charge on any atom is -0.465 e. The van der Waals surface area contributed by atoms with Gasteiger partial charge in [0.1, 0.15) is 22.0 Å². The molecule has 2 aliphatic carbocycles. The highest BCUT2D eigenvalue weighted by Crippen LogP contribution is 2.41. The monoisotopic (exact) mass is 1180 g/mol. The summed E-state index contributed by atoms with van der Waals surface area (Å²) in [4.78, 5) is 116. The fourth-order valence-electron chi connectivity index (χ4n) is 8.67. The average Bonchev–Trinajstić information content (AvgIpc) is 3.96. The summed E-state index contributed by atoms with van der Waals surface area (Å²) >= 11 is 1.27. The van der Waals surface area contributed by atoms with Crippen LogP contribution in [0.3, 0.4) is 0 Å². The lowest BCUT2D eigenvalue weighted by Crippen LogP contribution is -2.30. The number of rotatable bonds is 28. The van der Waals surface area contributed by atoms with Crippen LogP contribution >= 0.6 is 11.3 Å². The molecule has 7 rings (SSSR count). The lowest BCUT2D eigenvalue weighted by Gasteiger charge is -2.26. The molecule has 0 aliphatic heterocycles. The molecule has 2 fully saturated rings. The van der Waals surface area contributed by atoms with Crippen LogP contribution in [0.25, 0.3) is 20.8 Å². The largest absolute Gasteiger partial charge is 0.465 e. The highest BCUT2D eigenvalue weighted by atomic mass is 32.1. The Kier molecular flexibility index (Phi) is 22.2. The Balaban J connectivity index is 0.938. The molecule has 0 amide bonds. The summed E-state index contributed by atoms with van der Waals surface area (Å²) in [5.41, 5.74) is 1.53. The first-order valence-corrected chi connectivity index (χ1v) is 26.8. The van der Waals surface area contributed by atoms with Crippen LogP contribution in [-0.4, -0.2) is 91.4 Å². The molecule has 0 radical (unpaired) electrons. The fraction of sp³-hybridized carbons (Fsp3) is 0.305. The number of ether oxygens (including phenoxy) is 12. The van der Waals surface area contributed by atoms with Crippen LogP contribution in [0.2, 0.25) is 0 Å². The molecule has 0 bridgehead atoms. The number of hydrogen-bond donors (Lipinski definition) is 0. The van der Waals surface area contributed by atoms with Gasteiger partial charge in [-0.05, 0) is 99.4 Å². The fourth-order valence-corrected chi connectivity index (χ4v) is 9.80. The van der Waals surface area contributed by atoms with Crippen LogP contribution in [-0.2, 0) is 68.5 Å². The predicted molar refractivity (Wildman–Crippen MR) is 294 cm³/mol. The van der Waals surface area contributed by atoms with E-state index in [1.165, 1.54) is 59.9 Å². The number of carbonyl (C=O) groups is 8. The molecule has 5 aromatic rings. The molecular weight excluding hydrogens is 1120 g/mol. The van der Waals surface area contributed by atoms with Crippen LogP contribution in [0.4, 0.5) is 5.69 Å². The summed E-state index contributed by atoms with van der Waals surface area (Å²) in [6, 6.07) is 17.5. The van der Waals surface area contributed by atoms with E-state index in [0.29, 0.717) is 72.2 Å². The zero-order chi connectivity index (χ0) is 60.1. The molecule has 0 atom stereocenters. The second-order valence-electron chi connectivity index (χ2n) is 18.4. The quantitative estimate of drug-likeness (QED) is 0.00857. The predicted octanol–water partition coefficient (Wildman–Crippen LogP) is 8.95. The number of non-ortho nitro benzene ring substituents is 1. The van der Waals surface area contributed by atoms with E-state index in [0.717, 1.165) is 29.9 Å². The Morgan fingerprint density at radius 1 is 0.500 bits per heavy atom. The highest BCUT2D eigenvalue weighted by Gasteiger charge is 2.34. The Morgan fingerprint density at radius 3 is 1.31 bits per heavy atom. The van der Waals surface area contributed by atoms with Crippen molar-refractivity contribution in [3.8, 4) is 50.8 Å². The van der Waals surface area contributed by atoms with Crippen LogP contribution in [0, 0.1) is 33.8 Å². The lowest BCUT2D eigenvalue weighted by molar-refractivity contribution is -0.384. The van der Waals surface area contributed by atoms with Crippen molar-refractivity contribution >= 4 is 75.0 Å². The van der Waals surface area contributed by atoms with Crippen molar-refractivity contribution < 1.29 is 100 Å². The third-order valence-electron chi connectivity index (χ3n) is 13.1. The van der Waals surface area contributed by atoms with E-state index >= 15 is 0 Å². The van der Waals surface area contributed by atoms with Crippen LogP contribution < -0.4 is 33.2 Å². The zero-order valence-corrected chi connectivity index (χ0v) is 45.9. The number of esters is 8. The van der Waals surface area contributed by atoms with Gasteiger partial charge in [-0.1, -0.05) is 32.4 Å². The zero-order valence-electron chi connectivity index (χ0n) is 45.1. The van der Waals surface area contributed by atoms with E-state index in [1.54, 1.807) is 24.3 Å². The lowest BCUT2D eigenvalue weighted by atomic mass is 9.82. The molecule has 1 aromatic heterocycles. The summed E-state index contributed by atoms with van der Waals surface area (Å²) in [6.07, 6.45) is 6.58. The molecular formula is C59H56N2O22S. The maximum atomic E-state index is 13.8. The van der Waals surface area contributed by atoms with Crippen molar-refractivity contribution in [3.63, 3.8) is 0 Å². The number of nitro benzene ring substituents is 1. The first-order chi connectivity index (χ1) is 40.5. The average molecular weight is 1180 g/mol. The van der Waals surface area contributed by atoms with Gasteiger partial charge < -0.3 is 56.8 Å². The van der Waals surface area contributed by atoms with E-state index in [1.807, 2.05) is 0 Å². The van der Waals surface area contributed by atoms with Crippen LogP contribution in [0.1, 0.15) is 56.9 Å². The van der Waals surface area contributed by atoms with E-state index in [2.05, 4.69) is 26.3 Å². The number of carbonyl (C=O) groups excluding carboxylic acids is 8. The van der Waals surface area contributed by atoms with Gasteiger partial charge in [0, 0.05) is 60.6 Å². The maximum Gasteiger partial charge on any atom is 0.333 e. The highest BCUT2D eigenvalue weighted by molar-refractivity contribution is 7.21. The molecule has 24 nitrogen and oxygen atoms in total. The van der Waals surface area contributed by atoms with Gasteiger partial charge in [-0.2, -0.15) is 0 Å². The molecule has 0 spiro atoms. The summed E-state index contributed by atoms with van der Waals surface area (Å²) in [5, 5.41) is 11.9. The Labute approximate surface area is 483 Å². The molecule has 0 saturated heterocycles. The van der Waals surface area contributed by atoms with Gasteiger partial charge in [-0.3, -0.25) is 29.3 Å². The smallest absolute Gasteiger partial charge is 0.333 e. The topological polar surface area (TPSA) is 303 Å². The third kappa shape index (κ3) is 17.3. The molecule has 1 heterocycles. The SMILES string of the molecule is C=CC(=O)OCOc1ccc(OC(=O)C2CCC(C(=O)OCCc3ccc(OC(=O)C4CCC(C(=O)Oc5ccc(OCOC(=O)C=C)c(OCOC(=O)C=C)c5)CC4)c4nc(-c5ccc([N+](=O)[O-])cc5)sc34)CC2)cc1OCOC(=O)C=C. The number of fused-ring (bicyclic) bond motifs is 1. The Hall–Kier alpha value is -9.91. The summed E-state index contributed by atoms with van der Waals surface area (Å²) in [7, 11) is 0. The number of nitro groups is 1. The van der Waals surface area contributed by atoms with Gasteiger partial charge in [0.15, 0.2) is 28.7 Å². The van der Waals surface area contributed by atoms with Gasteiger partial charge >= 0.3 is 47.8 Å². The minimum atomic E-state index is -0.754. The number of hydrogen-bond acceptors (Lipinski definition) is 24. The second-order valence-corrected chi connectivity index (χ2v) is 19.4. The maximum absolute atomic E-state index is 13.8. The number of thiazole rings is 1. The summed E-state index contributed by atoms with van der Waals surface area (Å²) in [5.74, 6) is -6.76. The molecule has 2 saturated carbocycles. The minimum absolute atomic E-state index is 0.00140. The molecule has 0 N–H and O–H groups in total. The van der Waals surface area contributed by atoms with Crippen LogP contribution in [0.5, 0.6) is 40.2 Å². The van der Waals surface area contributed by atoms with Gasteiger partial charge in [-0.25, -0.2) is 24.2 Å². The Bertz CT molecular complexity index is 3300. The molecule has 2 aliphatic rings. The number of aromatic nitrogens is 1. The number of benzene rings is 4. The van der Waals surface area contributed by atoms with Crippen molar-refractivity contribution in [3.05, 3.63) is 139 Å². The summed E-state index contributed by atoms with van der Waals surface area (Å²) in [6.45, 7) is 11.2. The molecule has 0 unspecified atom stereocenters. The first-order valence-electron chi connectivity index (χ1n) is 26.0. The van der Waals surface area contributed by atoms with Gasteiger partial charge in [0.05, 0.1) is 39.9 Å². The van der Waals surface area contributed by atoms with Crippen molar-refractivity contribution in [1.82, 2.24) is 4.98 Å². The third-order valence-corrected chi connectivity index (χ3v) is 14.3. The van der Waals surface area contributed by atoms with Crippen molar-refractivity contribution in [2.45, 2.75) is 57.8 Å².